The second-order valence-electron chi connectivity index (χ2n) is 6.28. The van der Waals surface area contributed by atoms with Crippen LogP contribution in [0.3, 0.4) is 0 Å². The second-order valence-corrected chi connectivity index (χ2v) is 6.28. The Balaban J connectivity index is 0.00000256. The fraction of sp³-hybridized carbons (Fsp3) is 0.190. The van der Waals surface area contributed by atoms with Crippen molar-refractivity contribution in [3.8, 4) is 11.5 Å². The molecule has 0 aliphatic carbocycles. The van der Waals surface area contributed by atoms with Crippen LogP contribution in [0.15, 0.2) is 42.7 Å². The topological polar surface area (TPSA) is 98.4 Å². The number of fused-ring (bicyclic) bond motifs is 2. The molecule has 0 fully saturated rings. The molecule has 0 amide bonds. The molecule has 2 aromatic heterocycles. The number of carbonyl (C=O) groups excluding carboxylic acids is 1. The number of esters is 1. The van der Waals surface area contributed by atoms with Crippen LogP contribution in [0.4, 0.5) is 11.5 Å². The Hall–Kier alpha value is -3.52. The summed E-state index contributed by atoms with van der Waals surface area (Å²) < 4.78 is 15.8. The van der Waals surface area contributed by atoms with Crippen molar-refractivity contribution < 1.29 is 19.0 Å². The van der Waals surface area contributed by atoms with E-state index in [1.165, 1.54) is 6.33 Å². The fourth-order valence-corrected chi connectivity index (χ4v) is 3.14. The average molecular weight is 429 g/mol. The third kappa shape index (κ3) is 3.95. The van der Waals surface area contributed by atoms with Crippen molar-refractivity contribution in [2.24, 2.45) is 0 Å². The molecule has 0 aliphatic heterocycles. The van der Waals surface area contributed by atoms with Crippen LogP contribution in [0, 0.1) is 0 Å². The number of hydrogen-bond acceptors (Lipinski definition) is 7. The average Bonchev–Trinajstić information content (AvgIpc) is 3.17. The highest BCUT2D eigenvalue weighted by Crippen LogP contribution is 2.34. The minimum Gasteiger partial charge on any atom is -0.493 e. The normalized spacial score (nSPS) is 10.5. The molecule has 8 nitrogen and oxygen atoms in total. The Morgan fingerprint density at radius 2 is 1.83 bits per heavy atom. The summed E-state index contributed by atoms with van der Waals surface area (Å²) in [7, 11) is 3.17. The first kappa shape index (κ1) is 21.2. The maximum atomic E-state index is 11.9. The summed E-state index contributed by atoms with van der Waals surface area (Å²) in [4.78, 5) is 23.7. The van der Waals surface area contributed by atoms with Gasteiger partial charge < -0.3 is 24.5 Å². The number of nitrogens with zero attached hydrogens (tertiary/aromatic N) is 2. The zero-order chi connectivity index (χ0) is 20.4. The van der Waals surface area contributed by atoms with Gasteiger partial charge in [-0.05, 0) is 31.2 Å². The van der Waals surface area contributed by atoms with Gasteiger partial charge in [-0.3, -0.25) is 0 Å². The van der Waals surface area contributed by atoms with Gasteiger partial charge in [0.25, 0.3) is 0 Å². The largest absolute Gasteiger partial charge is 0.493 e. The van der Waals surface area contributed by atoms with Crippen molar-refractivity contribution in [3.05, 3.63) is 48.4 Å². The molecule has 0 spiro atoms. The molecule has 0 saturated carbocycles. The van der Waals surface area contributed by atoms with E-state index < -0.39 is 0 Å². The lowest BCUT2D eigenvalue weighted by Crippen LogP contribution is -2.04. The quantitative estimate of drug-likeness (QED) is 0.437. The Morgan fingerprint density at radius 1 is 1.07 bits per heavy atom. The van der Waals surface area contributed by atoms with Gasteiger partial charge in [0.05, 0.1) is 26.3 Å². The number of H-pyrrole nitrogens is 1. The van der Waals surface area contributed by atoms with Crippen molar-refractivity contribution in [3.63, 3.8) is 0 Å². The van der Waals surface area contributed by atoms with Crippen LogP contribution in [0.1, 0.15) is 17.4 Å². The van der Waals surface area contributed by atoms with Crippen molar-refractivity contribution in [1.29, 1.82) is 0 Å². The molecule has 30 heavy (non-hydrogen) atoms. The highest BCUT2D eigenvalue weighted by molar-refractivity contribution is 5.97. The number of ether oxygens (including phenoxy) is 3. The van der Waals surface area contributed by atoms with E-state index in [4.69, 9.17) is 14.2 Å². The SMILES string of the molecule is CCOC(=O)c1cc2ccc(Nc3ncnc4cc(OC)c(OC)cc34)cc2[nH]1.Cl. The molecule has 0 bridgehead atoms. The molecule has 9 heteroatoms. The summed E-state index contributed by atoms with van der Waals surface area (Å²) in [5.74, 6) is 1.45. The van der Waals surface area contributed by atoms with E-state index in [1.54, 1.807) is 33.3 Å². The molecule has 0 radical (unpaired) electrons. The van der Waals surface area contributed by atoms with Gasteiger partial charge in [-0.25, -0.2) is 14.8 Å². The minimum atomic E-state index is -0.374. The lowest BCUT2D eigenvalue weighted by molar-refractivity contribution is 0.0520. The van der Waals surface area contributed by atoms with Crippen LogP contribution < -0.4 is 14.8 Å². The molecule has 0 saturated heterocycles. The number of anilines is 2. The van der Waals surface area contributed by atoms with Crippen molar-refractivity contribution in [2.45, 2.75) is 6.92 Å². The number of halogens is 1. The van der Waals surface area contributed by atoms with E-state index in [-0.39, 0.29) is 18.4 Å². The summed E-state index contributed by atoms with van der Waals surface area (Å²) in [5, 5.41) is 5.02. The van der Waals surface area contributed by atoms with E-state index in [1.807, 2.05) is 24.3 Å². The van der Waals surface area contributed by atoms with Crippen molar-refractivity contribution in [2.75, 3.05) is 26.1 Å². The number of aromatic amines is 1. The van der Waals surface area contributed by atoms with Gasteiger partial charge >= 0.3 is 5.97 Å². The molecule has 156 valence electrons. The lowest BCUT2D eigenvalue weighted by Gasteiger charge is -2.12. The standard InChI is InChI=1S/C21H20N4O4.ClH/c1-4-29-21(26)17-7-12-5-6-13(8-15(12)25-17)24-20-14-9-18(27-2)19(28-3)10-16(14)22-11-23-20;/h5-11,25H,4H2,1-3H3,(H,22,23,24);1H. The molecular weight excluding hydrogens is 408 g/mol. The van der Waals surface area contributed by atoms with Crippen LogP contribution in [-0.2, 0) is 4.74 Å². The summed E-state index contributed by atoms with van der Waals surface area (Å²) in [6.07, 6.45) is 1.49. The smallest absolute Gasteiger partial charge is 0.354 e. The van der Waals surface area contributed by atoms with Crippen LogP contribution in [-0.4, -0.2) is 41.7 Å². The Kier molecular flexibility index (Phi) is 6.27. The number of aromatic nitrogens is 3. The molecule has 2 N–H and O–H groups in total. The van der Waals surface area contributed by atoms with Gasteiger partial charge in [0.2, 0.25) is 0 Å². The Labute approximate surface area is 179 Å². The molecule has 4 aromatic rings. The monoisotopic (exact) mass is 428 g/mol. The maximum Gasteiger partial charge on any atom is 0.354 e. The third-order valence-corrected chi connectivity index (χ3v) is 4.52. The number of benzene rings is 2. The van der Waals surface area contributed by atoms with E-state index in [2.05, 4.69) is 20.3 Å². The molecular formula is C21H21ClN4O4. The van der Waals surface area contributed by atoms with E-state index in [0.717, 1.165) is 27.5 Å². The van der Waals surface area contributed by atoms with Crippen molar-refractivity contribution >= 4 is 51.7 Å². The van der Waals surface area contributed by atoms with Crippen LogP contribution in [0.2, 0.25) is 0 Å². The maximum absolute atomic E-state index is 11.9. The van der Waals surface area contributed by atoms with Gasteiger partial charge in [-0.2, -0.15) is 0 Å². The van der Waals surface area contributed by atoms with Crippen LogP contribution in [0.5, 0.6) is 11.5 Å². The lowest BCUT2D eigenvalue weighted by atomic mass is 10.2. The summed E-state index contributed by atoms with van der Waals surface area (Å²) in [5.41, 5.74) is 2.77. The molecule has 0 aliphatic rings. The second kappa shape index (κ2) is 8.87. The van der Waals surface area contributed by atoms with Crippen LogP contribution in [0.25, 0.3) is 21.8 Å². The Bertz CT molecular complexity index is 1210. The zero-order valence-corrected chi connectivity index (χ0v) is 17.5. The van der Waals surface area contributed by atoms with E-state index in [9.17, 15) is 4.79 Å². The summed E-state index contributed by atoms with van der Waals surface area (Å²) in [6, 6.07) is 11.2. The molecule has 0 unspecified atom stereocenters. The van der Waals surface area contributed by atoms with Gasteiger partial charge in [0.15, 0.2) is 11.5 Å². The van der Waals surface area contributed by atoms with Gasteiger partial charge in [0, 0.05) is 28.0 Å². The minimum absolute atomic E-state index is 0. The zero-order valence-electron chi connectivity index (χ0n) is 16.7. The molecule has 2 heterocycles. The number of nitrogens with one attached hydrogen (secondary N) is 2. The third-order valence-electron chi connectivity index (χ3n) is 4.52. The number of carbonyl (C=O) groups is 1. The molecule has 2 aromatic carbocycles. The predicted molar refractivity (Wildman–Crippen MR) is 117 cm³/mol. The van der Waals surface area contributed by atoms with Gasteiger partial charge in [-0.15, -0.1) is 12.4 Å². The summed E-state index contributed by atoms with van der Waals surface area (Å²) >= 11 is 0. The van der Waals surface area contributed by atoms with E-state index in [0.29, 0.717) is 29.6 Å². The number of methoxy groups -OCH3 is 2. The highest BCUT2D eigenvalue weighted by Gasteiger charge is 2.13. The van der Waals surface area contributed by atoms with Gasteiger partial charge in [-0.1, -0.05) is 6.07 Å². The number of rotatable bonds is 6. The first-order chi connectivity index (χ1) is 14.1. The van der Waals surface area contributed by atoms with E-state index >= 15 is 0 Å². The number of hydrogen-bond donors (Lipinski definition) is 2. The van der Waals surface area contributed by atoms with Crippen LogP contribution >= 0.6 is 12.4 Å². The highest BCUT2D eigenvalue weighted by atomic mass is 35.5. The Morgan fingerprint density at radius 3 is 2.57 bits per heavy atom. The predicted octanol–water partition coefficient (Wildman–Crippen LogP) is 4.47. The summed E-state index contributed by atoms with van der Waals surface area (Å²) in [6.45, 7) is 2.11. The molecule has 4 rings (SSSR count). The first-order valence-corrected chi connectivity index (χ1v) is 9.06. The first-order valence-electron chi connectivity index (χ1n) is 9.06. The van der Waals surface area contributed by atoms with Gasteiger partial charge in [0.1, 0.15) is 17.8 Å². The van der Waals surface area contributed by atoms with Crippen molar-refractivity contribution in [1.82, 2.24) is 15.0 Å². The molecule has 0 atom stereocenters. The fourth-order valence-electron chi connectivity index (χ4n) is 3.14.